The molecule has 3 rings (SSSR count). The first-order valence-electron chi connectivity index (χ1n) is 7.46. The lowest BCUT2D eigenvalue weighted by Crippen LogP contribution is -2.59. The van der Waals surface area contributed by atoms with E-state index in [1.54, 1.807) is 6.07 Å². The molecule has 5 nitrogen and oxygen atoms in total. The van der Waals surface area contributed by atoms with E-state index in [0.29, 0.717) is 17.9 Å². The van der Waals surface area contributed by atoms with Gasteiger partial charge in [-0.2, -0.15) is 0 Å². The first-order valence-corrected chi connectivity index (χ1v) is 7.84. The van der Waals surface area contributed by atoms with Crippen LogP contribution in [0.3, 0.4) is 0 Å². The Labute approximate surface area is 129 Å². The predicted octanol–water partition coefficient (Wildman–Crippen LogP) is 2.50. The molecular formula is C15H20ClN3O2. The van der Waals surface area contributed by atoms with Gasteiger partial charge >= 0.3 is 5.97 Å². The molecule has 1 aromatic rings. The second kappa shape index (κ2) is 5.81. The van der Waals surface area contributed by atoms with E-state index in [2.05, 4.69) is 21.7 Å². The zero-order valence-corrected chi connectivity index (χ0v) is 12.9. The van der Waals surface area contributed by atoms with Crippen LogP contribution in [-0.4, -0.2) is 52.7 Å². The molecule has 2 fully saturated rings. The highest BCUT2D eigenvalue weighted by atomic mass is 35.5. The van der Waals surface area contributed by atoms with Crippen LogP contribution >= 0.6 is 11.6 Å². The SMILES string of the molecule is CC1CN2CCCCC2CN1c1cc(C(=O)O)cc(Cl)n1. The number of piperidine rings is 1. The van der Waals surface area contributed by atoms with Crippen LogP contribution in [0.1, 0.15) is 36.5 Å². The zero-order valence-electron chi connectivity index (χ0n) is 12.1. The van der Waals surface area contributed by atoms with Crippen LogP contribution in [0.25, 0.3) is 0 Å². The maximum Gasteiger partial charge on any atom is 0.335 e. The monoisotopic (exact) mass is 309 g/mol. The van der Waals surface area contributed by atoms with Crippen molar-refractivity contribution < 1.29 is 9.90 Å². The maximum absolute atomic E-state index is 11.2. The van der Waals surface area contributed by atoms with Gasteiger partial charge in [0.15, 0.2) is 0 Å². The first kappa shape index (κ1) is 14.6. The average molecular weight is 310 g/mol. The number of nitrogens with zero attached hydrogens (tertiary/aromatic N) is 3. The number of pyridine rings is 1. The smallest absolute Gasteiger partial charge is 0.335 e. The van der Waals surface area contributed by atoms with E-state index in [4.69, 9.17) is 11.6 Å². The number of aromatic nitrogens is 1. The second-order valence-electron chi connectivity index (χ2n) is 5.99. The largest absolute Gasteiger partial charge is 0.478 e. The molecule has 0 radical (unpaired) electrons. The molecule has 0 saturated carbocycles. The topological polar surface area (TPSA) is 56.7 Å². The van der Waals surface area contributed by atoms with Gasteiger partial charge in [-0.1, -0.05) is 18.0 Å². The molecule has 0 aliphatic carbocycles. The number of piperazine rings is 1. The molecule has 3 heterocycles. The van der Waals surface area contributed by atoms with E-state index >= 15 is 0 Å². The second-order valence-corrected chi connectivity index (χ2v) is 6.38. The predicted molar refractivity (Wildman–Crippen MR) is 82.2 cm³/mol. The summed E-state index contributed by atoms with van der Waals surface area (Å²) in [5.74, 6) is -0.290. The van der Waals surface area contributed by atoms with E-state index in [9.17, 15) is 9.90 Å². The van der Waals surface area contributed by atoms with E-state index in [1.807, 2.05) is 0 Å². The molecule has 0 bridgehead atoms. The summed E-state index contributed by atoms with van der Waals surface area (Å²) in [4.78, 5) is 20.3. The molecule has 2 atom stereocenters. The number of hydrogen-bond acceptors (Lipinski definition) is 4. The van der Waals surface area contributed by atoms with Crippen molar-refractivity contribution in [1.29, 1.82) is 0 Å². The van der Waals surface area contributed by atoms with E-state index in [1.165, 1.54) is 31.9 Å². The fraction of sp³-hybridized carbons (Fsp3) is 0.600. The van der Waals surface area contributed by atoms with Crippen molar-refractivity contribution in [3.8, 4) is 0 Å². The normalized spacial score (nSPS) is 26.5. The lowest BCUT2D eigenvalue weighted by atomic mass is 9.97. The van der Waals surface area contributed by atoms with E-state index in [0.717, 1.165) is 13.1 Å². The van der Waals surface area contributed by atoms with Gasteiger partial charge in [0.2, 0.25) is 0 Å². The van der Waals surface area contributed by atoms with Crippen LogP contribution in [0.5, 0.6) is 0 Å². The van der Waals surface area contributed by atoms with Crippen LogP contribution in [0, 0.1) is 0 Å². The summed E-state index contributed by atoms with van der Waals surface area (Å²) in [5, 5.41) is 9.41. The molecule has 6 heteroatoms. The Balaban J connectivity index is 1.87. The molecular weight excluding hydrogens is 290 g/mol. The number of carbonyl (C=O) groups is 1. The summed E-state index contributed by atoms with van der Waals surface area (Å²) >= 11 is 5.99. The minimum absolute atomic E-state index is 0.197. The zero-order chi connectivity index (χ0) is 15.0. The Bertz CT molecular complexity index is 552. The summed E-state index contributed by atoms with van der Waals surface area (Å²) in [6.07, 6.45) is 3.75. The molecule has 21 heavy (non-hydrogen) atoms. The summed E-state index contributed by atoms with van der Waals surface area (Å²) < 4.78 is 0. The fourth-order valence-electron chi connectivity index (χ4n) is 3.43. The molecule has 114 valence electrons. The Morgan fingerprint density at radius 3 is 2.95 bits per heavy atom. The van der Waals surface area contributed by atoms with E-state index < -0.39 is 5.97 Å². The number of carboxylic acid groups (broad SMARTS) is 1. The number of carboxylic acids is 1. The third-order valence-corrected chi connectivity index (χ3v) is 4.70. The Hall–Kier alpha value is -1.33. The van der Waals surface area contributed by atoms with Crippen LogP contribution < -0.4 is 4.90 Å². The summed E-state index contributed by atoms with van der Waals surface area (Å²) in [6.45, 7) is 5.23. The van der Waals surface area contributed by atoms with Crippen molar-refractivity contribution in [3.05, 3.63) is 22.8 Å². The van der Waals surface area contributed by atoms with Gasteiger partial charge in [0.25, 0.3) is 0 Å². The van der Waals surface area contributed by atoms with E-state index in [-0.39, 0.29) is 10.7 Å². The van der Waals surface area contributed by atoms with Gasteiger partial charge in [-0.15, -0.1) is 0 Å². The van der Waals surface area contributed by atoms with Gasteiger partial charge in [-0.25, -0.2) is 9.78 Å². The van der Waals surface area contributed by atoms with Gasteiger partial charge in [0.05, 0.1) is 5.56 Å². The summed E-state index contributed by atoms with van der Waals surface area (Å²) in [5.41, 5.74) is 0.197. The minimum atomic E-state index is -0.968. The van der Waals surface area contributed by atoms with Gasteiger partial charge in [0.1, 0.15) is 11.0 Å². The quantitative estimate of drug-likeness (QED) is 0.851. The molecule has 0 aromatic carbocycles. The lowest BCUT2D eigenvalue weighted by Gasteiger charge is -2.48. The molecule has 2 unspecified atom stereocenters. The maximum atomic E-state index is 11.2. The standard InChI is InChI=1S/C15H20ClN3O2/c1-10-8-18-5-3-2-4-12(18)9-19(10)14-7-11(15(20)21)6-13(16)17-14/h6-7,10,12H,2-5,8-9H2,1H3,(H,20,21). The highest BCUT2D eigenvalue weighted by Gasteiger charge is 2.33. The van der Waals surface area contributed by atoms with Crippen molar-refractivity contribution in [2.75, 3.05) is 24.5 Å². The first-order chi connectivity index (χ1) is 10.0. The van der Waals surface area contributed by atoms with Crippen molar-refractivity contribution in [1.82, 2.24) is 9.88 Å². The molecule has 2 aliphatic heterocycles. The Morgan fingerprint density at radius 2 is 2.19 bits per heavy atom. The third kappa shape index (κ3) is 2.99. The van der Waals surface area contributed by atoms with Crippen LogP contribution in [0.2, 0.25) is 5.15 Å². The number of fused-ring (bicyclic) bond motifs is 1. The van der Waals surface area contributed by atoms with Crippen molar-refractivity contribution >= 4 is 23.4 Å². The molecule has 1 aromatic heterocycles. The van der Waals surface area contributed by atoms with Gasteiger partial charge in [-0.05, 0) is 38.4 Å². The Kier molecular flexibility index (Phi) is 4.04. The highest BCUT2D eigenvalue weighted by molar-refractivity contribution is 6.29. The van der Waals surface area contributed by atoms with Gasteiger partial charge in [-0.3, -0.25) is 4.90 Å². The molecule has 0 spiro atoms. The summed E-state index contributed by atoms with van der Waals surface area (Å²) in [7, 11) is 0. The molecule has 2 saturated heterocycles. The number of hydrogen-bond donors (Lipinski definition) is 1. The van der Waals surface area contributed by atoms with Crippen LogP contribution in [-0.2, 0) is 0 Å². The van der Waals surface area contributed by atoms with Crippen LogP contribution in [0.15, 0.2) is 12.1 Å². The van der Waals surface area contributed by atoms with Crippen molar-refractivity contribution in [2.45, 2.75) is 38.3 Å². The minimum Gasteiger partial charge on any atom is -0.478 e. The molecule has 1 N–H and O–H groups in total. The van der Waals surface area contributed by atoms with Gasteiger partial charge < -0.3 is 10.0 Å². The third-order valence-electron chi connectivity index (χ3n) is 4.51. The highest BCUT2D eigenvalue weighted by Crippen LogP contribution is 2.28. The average Bonchev–Trinajstić information content (AvgIpc) is 2.45. The van der Waals surface area contributed by atoms with Crippen molar-refractivity contribution in [2.24, 2.45) is 0 Å². The van der Waals surface area contributed by atoms with Crippen LogP contribution in [0.4, 0.5) is 5.82 Å². The molecule has 0 amide bonds. The number of aromatic carboxylic acids is 1. The number of anilines is 1. The number of rotatable bonds is 2. The molecule has 2 aliphatic rings. The number of halogens is 1. The lowest BCUT2D eigenvalue weighted by molar-refractivity contribution is 0.0696. The Morgan fingerprint density at radius 1 is 1.38 bits per heavy atom. The summed E-state index contributed by atoms with van der Waals surface area (Å²) in [6, 6.07) is 3.88. The fourth-order valence-corrected chi connectivity index (χ4v) is 3.63. The van der Waals surface area contributed by atoms with Crippen molar-refractivity contribution in [3.63, 3.8) is 0 Å². The van der Waals surface area contributed by atoms with Gasteiger partial charge in [0, 0.05) is 25.2 Å².